The molecule has 1 aliphatic heterocycles. The van der Waals surface area contributed by atoms with Crippen LogP contribution >= 0.6 is 0 Å². The van der Waals surface area contributed by atoms with Gasteiger partial charge in [-0.25, -0.2) is 4.98 Å². The van der Waals surface area contributed by atoms with Crippen molar-refractivity contribution >= 4 is 16.8 Å². The third-order valence-electron chi connectivity index (χ3n) is 5.90. The van der Waals surface area contributed by atoms with E-state index in [4.69, 9.17) is 4.98 Å². The molecule has 0 atom stereocenters. The molecule has 0 spiro atoms. The number of aromatic nitrogens is 1. The van der Waals surface area contributed by atoms with Gasteiger partial charge in [-0.1, -0.05) is 30.3 Å². The number of carbonyl (C=O) groups excluding carboxylic acids is 1. The summed E-state index contributed by atoms with van der Waals surface area (Å²) in [7, 11) is 1.94. The van der Waals surface area contributed by atoms with Crippen LogP contribution in [-0.2, 0) is 0 Å². The van der Waals surface area contributed by atoms with Gasteiger partial charge in [-0.05, 0) is 69.1 Å². The van der Waals surface area contributed by atoms with Crippen molar-refractivity contribution < 1.29 is 4.79 Å². The summed E-state index contributed by atoms with van der Waals surface area (Å²) in [5.74, 6) is 0.0831. The van der Waals surface area contributed by atoms with Crippen LogP contribution in [0.3, 0.4) is 0 Å². The maximum absolute atomic E-state index is 13.5. The highest BCUT2D eigenvalue weighted by Crippen LogP contribution is 2.28. The topological polar surface area (TPSA) is 45.2 Å². The number of carbonyl (C=O) groups is 1. The molecule has 3 aromatic rings. The van der Waals surface area contributed by atoms with Crippen LogP contribution in [0.1, 0.15) is 34.3 Å². The Morgan fingerprint density at radius 3 is 2.43 bits per heavy atom. The fraction of sp³-hybridized carbons (Fsp3) is 0.333. The molecule has 0 bridgehead atoms. The average Bonchev–Trinajstić information content (AvgIpc) is 2.74. The first-order chi connectivity index (χ1) is 13.5. The molecule has 1 N–H and O–H groups in total. The second-order valence-electron chi connectivity index (χ2n) is 7.77. The number of pyridine rings is 1. The van der Waals surface area contributed by atoms with Crippen LogP contribution in [0.5, 0.6) is 0 Å². The first-order valence-corrected chi connectivity index (χ1v) is 10.00. The maximum Gasteiger partial charge on any atom is 0.254 e. The van der Waals surface area contributed by atoms with Crippen molar-refractivity contribution in [3.63, 3.8) is 0 Å². The molecule has 2 heterocycles. The molecule has 1 aliphatic rings. The molecule has 1 amide bonds. The Hall–Kier alpha value is -2.72. The van der Waals surface area contributed by atoms with Crippen LogP contribution in [-0.4, -0.2) is 42.0 Å². The van der Waals surface area contributed by atoms with Gasteiger partial charge in [0.2, 0.25) is 0 Å². The van der Waals surface area contributed by atoms with Crippen LogP contribution in [0, 0.1) is 13.8 Å². The summed E-state index contributed by atoms with van der Waals surface area (Å²) >= 11 is 0. The fourth-order valence-electron chi connectivity index (χ4n) is 3.97. The molecule has 4 rings (SSSR count). The van der Waals surface area contributed by atoms with E-state index in [1.807, 2.05) is 48.3 Å². The summed E-state index contributed by atoms with van der Waals surface area (Å²) in [6, 6.07) is 16.5. The predicted molar refractivity (Wildman–Crippen MR) is 115 cm³/mol. The summed E-state index contributed by atoms with van der Waals surface area (Å²) in [4.78, 5) is 20.3. The molecule has 144 valence electrons. The quantitative estimate of drug-likeness (QED) is 0.743. The van der Waals surface area contributed by atoms with Crippen LogP contribution in [0.25, 0.3) is 22.2 Å². The SMILES string of the molecule is Cc1cc2nc(-c3ccccc3)cc(C(=O)N(C)C3CCNCC3)c2cc1C. The minimum atomic E-state index is 0.0831. The Balaban J connectivity index is 1.85. The lowest BCUT2D eigenvalue weighted by Crippen LogP contribution is -2.44. The maximum atomic E-state index is 13.5. The van der Waals surface area contributed by atoms with Gasteiger partial charge in [-0.2, -0.15) is 0 Å². The smallest absolute Gasteiger partial charge is 0.254 e. The Morgan fingerprint density at radius 1 is 1.04 bits per heavy atom. The molecule has 4 nitrogen and oxygen atoms in total. The van der Waals surface area contributed by atoms with Crippen LogP contribution < -0.4 is 5.32 Å². The highest BCUT2D eigenvalue weighted by molar-refractivity contribution is 6.07. The molecular weight excluding hydrogens is 346 g/mol. The molecule has 0 unspecified atom stereocenters. The average molecular weight is 374 g/mol. The molecule has 1 aromatic heterocycles. The number of amides is 1. The molecule has 0 aliphatic carbocycles. The van der Waals surface area contributed by atoms with E-state index >= 15 is 0 Å². The summed E-state index contributed by atoms with van der Waals surface area (Å²) in [5, 5.41) is 4.31. The van der Waals surface area contributed by atoms with E-state index in [0.717, 1.165) is 53.7 Å². The van der Waals surface area contributed by atoms with Gasteiger partial charge < -0.3 is 10.2 Å². The van der Waals surface area contributed by atoms with E-state index in [1.165, 1.54) is 11.1 Å². The number of rotatable bonds is 3. The first-order valence-electron chi connectivity index (χ1n) is 10.00. The summed E-state index contributed by atoms with van der Waals surface area (Å²) in [6.07, 6.45) is 1.99. The van der Waals surface area contributed by atoms with Crippen molar-refractivity contribution in [2.24, 2.45) is 0 Å². The van der Waals surface area contributed by atoms with E-state index in [1.54, 1.807) is 0 Å². The van der Waals surface area contributed by atoms with Gasteiger partial charge in [-0.3, -0.25) is 4.79 Å². The van der Waals surface area contributed by atoms with Gasteiger partial charge in [0.05, 0.1) is 16.8 Å². The van der Waals surface area contributed by atoms with Gasteiger partial charge in [0, 0.05) is 24.0 Å². The Morgan fingerprint density at radius 2 is 1.71 bits per heavy atom. The fourth-order valence-corrected chi connectivity index (χ4v) is 3.97. The number of nitrogens with one attached hydrogen (secondary N) is 1. The lowest BCUT2D eigenvalue weighted by Gasteiger charge is -2.32. The van der Waals surface area contributed by atoms with Gasteiger partial charge >= 0.3 is 0 Å². The first kappa shape index (κ1) is 18.6. The van der Waals surface area contributed by atoms with E-state index in [9.17, 15) is 4.79 Å². The van der Waals surface area contributed by atoms with Gasteiger partial charge in [-0.15, -0.1) is 0 Å². The number of piperidine rings is 1. The Kier molecular flexibility index (Phi) is 5.14. The zero-order valence-corrected chi connectivity index (χ0v) is 16.8. The van der Waals surface area contributed by atoms with E-state index in [-0.39, 0.29) is 11.9 Å². The number of hydrogen-bond acceptors (Lipinski definition) is 3. The number of hydrogen-bond donors (Lipinski definition) is 1. The van der Waals surface area contributed by atoms with E-state index < -0.39 is 0 Å². The molecule has 28 heavy (non-hydrogen) atoms. The normalized spacial score (nSPS) is 15.0. The Bertz CT molecular complexity index is 1010. The summed E-state index contributed by atoms with van der Waals surface area (Å²) in [5.41, 5.74) is 5.87. The van der Waals surface area contributed by atoms with E-state index in [2.05, 4.69) is 31.3 Å². The molecular formula is C24H27N3O. The Labute approximate surface area is 166 Å². The van der Waals surface area contributed by atoms with Gasteiger partial charge in [0.1, 0.15) is 0 Å². The summed E-state index contributed by atoms with van der Waals surface area (Å²) in [6.45, 7) is 6.11. The van der Waals surface area contributed by atoms with Crippen LogP contribution in [0.2, 0.25) is 0 Å². The molecule has 1 fully saturated rings. The number of aryl methyl sites for hydroxylation is 2. The molecule has 0 radical (unpaired) electrons. The van der Waals surface area contributed by atoms with Crippen molar-refractivity contribution in [3.8, 4) is 11.3 Å². The van der Waals surface area contributed by atoms with Gasteiger partial charge in [0.15, 0.2) is 0 Å². The largest absolute Gasteiger partial charge is 0.339 e. The predicted octanol–water partition coefficient (Wildman–Crippen LogP) is 4.34. The lowest BCUT2D eigenvalue weighted by molar-refractivity contribution is 0.0705. The number of nitrogens with zero attached hydrogens (tertiary/aromatic N) is 2. The van der Waals surface area contributed by atoms with Crippen molar-refractivity contribution in [2.75, 3.05) is 20.1 Å². The second kappa shape index (κ2) is 7.72. The van der Waals surface area contributed by atoms with Crippen LogP contribution in [0.4, 0.5) is 0 Å². The number of fused-ring (bicyclic) bond motifs is 1. The standard InChI is InChI=1S/C24H27N3O/c1-16-13-20-21(24(28)27(3)19-9-11-25-12-10-19)15-22(18-7-5-4-6-8-18)26-23(20)14-17(16)2/h4-8,13-15,19,25H,9-12H2,1-3H3. The molecule has 4 heteroatoms. The number of benzene rings is 2. The highest BCUT2D eigenvalue weighted by Gasteiger charge is 2.25. The monoisotopic (exact) mass is 373 g/mol. The van der Waals surface area contributed by atoms with Crippen LogP contribution in [0.15, 0.2) is 48.5 Å². The third-order valence-corrected chi connectivity index (χ3v) is 5.90. The zero-order valence-electron chi connectivity index (χ0n) is 16.8. The van der Waals surface area contributed by atoms with E-state index in [0.29, 0.717) is 0 Å². The van der Waals surface area contributed by atoms with Crippen molar-refractivity contribution in [3.05, 3.63) is 65.2 Å². The van der Waals surface area contributed by atoms with Crippen molar-refractivity contribution in [1.29, 1.82) is 0 Å². The lowest BCUT2D eigenvalue weighted by atomic mass is 9.98. The highest BCUT2D eigenvalue weighted by atomic mass is 16.2. The minimum absolute atomic E-state index is 0.0831. The zero-order chi connectivity index (χ0) is 19.7. The van der Waals surface area contributed by atoms with Crippen molar-refractivity contribution in [1.82, 2.24) is 15.2 Å². The molecule has 2 aromatic carbocycles. The van der Waals surface area contributed by atoms with Gasteiger partial charge in [0.25, 0.3) is 5.91 Å². The molecule has 1 saturated heterocycles. The van der Waals surface area contributed by atoms with Crippen molar-refractivity contribution in [2.45, 2.75) is 32.7 Å². The minimum Gasteiger partial charge on any atom is -0.339 e. The third kappa shape index (κ3) is 3.52. The summed E-state index contributed by atoms with van der Waals surface area (Å²) < 4.78 is 0. The molecule has 0 saturated carbocycles. The second-order valence-corrected chi connectivity index (χ2v) is 7.77.